The van der Waals surface area contributed by atoms with Crippen molar-refractivity contribution in [2.75, 3.05) is 16.8 Å². The predicted octanol–water partition coefficient (Wildman–Crippen LogP) is 4.69. The Hall–Kier alpha value is -3.12. The Morgan fingerprint density at radius 2 is 1.97 bits per heavy atom. The number of carbonyl (C=O) groups is 2. The lowest BCUT2D eigenvalue weighted by atomic mass is 10.2. The molecule has 0 saturated carbocycles. The highest BCUT2D eigenvalue weighted by molar-refractivity contribution is 6.30. The average Bonchev–Trinajstić information content (AvgIpc) is 3.37. The van der Waals surface area contributed by atoms with Crippen LogP contribution in [-0.2, 0) is 16.0 Å². The molecule has 0 bridgehead atoms. The molecule has 0 unspecified atom stereocenters. The van der Waals surface area contributed by atoms with Crippen LogP contribution in [0, 0.1) is 0 Å². The molecule has 0 atom stereocenters. The number of rotatable bonds is 6. The van der Waals surface area contributed by atoms with Crippen LogP contribution in [0.25, 0.3) is 11.3 Å². The molecule has 6 nitrogen and oxygen atoms in total. The van der Waals surface area contributed by atoms with Crippen LogP contribution in [0.15, 0.2) is 59.1 Å². The van der Waals surface area contributed by atoms with E-state index >= 15 is 0 Å². The molecule has 148 valence electrons. The summed E-state index contributed by atoms with van der Waals surface area (Å²) >= 11 is 5.90. The fourth-order valence-electron chi connectivity index (χ4n) is 3.32. The molecule has 29 heavy (non-hydrogen) atoms. The molecule has 2 heterocycles. The molecule has 2 aromatic carbocycles. The lowest BCUT2D eigenvalue weighted by Crippen LogP contribution is -2.25. The Morgan fingerprint density at radius 1 is 1.17 bits per heavy atom. The van der Waals surface area contributed by atoms with E-state index in [1.165, 1.54) is 0 Å². The van der Waals surface area contributed by atoms with Crippen molar-refractivity contribution in [3.05, 3.63) is 65.6 Å². The number of aryl methyl sites for hydroxylation is 1. The number of para-hydroxylation sites is 2. The van der Waals surface area contributed by atoms with Crippen LogP contribution in [0.2, 0.25) is 5.02 Å². The van der Waals surface area contributed by atoms with E-state index in [4.69, 9.17) is 16.0 Å². The van der Waals surface area contributed by atoms with Crippen LogP contribution in [0.3, 0.4) is 0 Å². The number of benzene rings is 2. The Bertz CT molecular complexity index is 1030. The zero-order valence-electron chi connectivity index (χ0n) is 15.7. The average molecular weight is 410 g/mol. The Labute approximate surface area is 173 Å². The van der Waals surface area contributed by atoms with Gasteiger partial charge in [0.2, 0.25) is 11.8 Å². The summed E-state index contributed by atoms with van der Waals surface area (Å²) in [6, 6.07) is 14.7. The Morgan fingerprint density at radius 3 is 2.72 bits per heavy atom. The van der Waals surface area contributed by atoms with Gasteiger partial charge in [0.15, 0.2) is 11.7 Å². The standard InChI is InChI=1S/C22H20ClN3O3/c23-16-9-7-15(8-10-16)19-14-24-21(29-19)12-11-20(27)25-17-4-1-2-5-18(17)26-13-3-6-22(26)28/h1-2,4-5,7-10,14H,3,6,11-13H2,(H,25,27). The third kappa shape index (κ3) is 4.49. The number of halogens is 1. The number of oxazole rings is 1. The monoisotopic (exact) mass is 409 g/mol. The number of nitrogens with one attached hydrogen (secondary N) is 1. The highest BCUT2D eigenvalue weighted by Gasteiger charge is 2.24. The number of anilines is 2. The van der Waals surface area contributed by atoms with Gasteiger partial charge < -0.3 is 14.6 Å². The number of hydrogen-bond donors (Lipinski definition) is 1. The molecular weight excluding hydrogens is 390 g/mol. The fourth-order valence-corrected chi connectivity index (χ4v) is 3.45. The topological polar surface area (TPSA) is 75.4 Å². The second-order valence-electron chi connectivity index (χ2n) is 6.84. The van der Waals surface area contributed by atoms with Gasteiger partial charge in [-0.05, 0) is 42.8 Å². The number of carbonyl (C=O) groups excluding carboxylic acids is 2. The minimum Gasteiger partial charge on any atom is -0.441 e. The molecule has 2 amide bonds. The Balaban J connectivity index is 1.38. The smallest absolute Gasteiger partial charge is 0.227 e. The van der Waals surface area contributed by atoms with Crippen LogP contribution in [0.5, 0.6) is 0 Å². The summed E-state index contributed by atoms with van der Waals surface area (Å²) in [5.41, 5.74) is 2.26. The van der Waals surface area contributed by atoms with Gasteiger partial charge in [-0.25, -0.2) is 4.98 Å². The van der Waals surface area contributed by atoms with E-state index in [0.29, 0.717) is 41.7 Å². The van der Waals surface area contributed by atoms with E-state index in [0.717, 1.165) is 17.7 Å². The second kappa shape index (κ2) is 8.49. The summed E-state index contributed by atoms with van der Waals surface area (Å²) in [7, 11) is 0. The molecule has 1 N–H and O–H groups in total. The summed E-state index contributed by atoms with van der Waals surface area (Å²) in [5.74, 6) is 1.06. The van der Waals surface area contributed by atoms with Gasteiger partial charge in [0.1, 0.15) is 0 Å². The van der Waals surface area contributed by atoms with Crippen LogP contribution in [0.1, 0.15) is 25.2 Å². The third-order valence-corrected chi connectivity index (χ3v) is 5.04. The van der Waals surface area contributed by atoms with Crippen molar-refractivity contribution < 1.29 is 14.0 Å². The predicted molar refractivity (Wildman–Crippen MR) is 112 cm³/mol. The molecule has 1 saturated heterocycles. The summed E-state index contributed by atoms with van der Waals surface area (Å²) in [6.07, 6.45) is 3.63. The van der Waals surface area contributed by atoms with Gasteiger partial charge in [0.25, 0.3) is 0 Å². The maximum absolute atomic E-state index is 12.5. The first kappa shape index (κ1) is 19.2. The molecule has 1 aliphatic rings. The van der Waals surface area contributed by atoms with Crippen molar-refractivity contribution in [2.24, 2.45) is 0 Å². The van der Waals surface area contributed by atoms with E-state index in [-0.39, 0.29) is 18.2 Å². The molecule has 7 heteroatoms. The first-order valence-electron chi connectivity index (χ1n) is 9.50. The van der Waals surface area contributed by atoms with Crippen molar-refractivity contribution in [1.82, 2.24) is 4.98 Å². The number of amides is 2. The summed E-state index contributed by atoms with van der Waals surface area (Å²) in [6.45, 7) is 0.676. The van der Waals surface area contributed by atoms with Gasteiger partial charge in [-0.3, -0.25) is 9.59 Å². The van der Waals surface area contributed by atoms with Crippen LogP contribution < -0.4 is 10.2 Å². The maximum atomic E-state index is 12.5. The molecule has 1 aromatic heterocycles. The zero-order valence-corrected chi connectivity index (χ0v) is 16.5. The van der Waals surface area contributed by atoms with Crippen LogP contribution in [-0.4, -0.2) is 23.3 Å². The lowest BCUT2D eigenvalue weighted by molar-refractivity contribution is -0.117. The zero-order chi connectivity index (χ0) is 20.2. The van der Waals surface area contributed by atoms with Gasteiger partial charge in [-0.2, -0.15) is 0 Å². The van der Waals surface area contributed by atoms with Crippen molar-refractivity contribution in [1.29, 1.82) is 0 Å². The number of nitrogens with zero attached hydrogens (tertiary/aromatic N) is 2. The Kier molecular flexibility index (Phi) is 5.62. The van der Waals surface area contributed by atoms with Crippen molar-refractivity contribution >= 4 is 34.8 Å². The van der Waals surface area contributed by atoms with E-state index < -0.39 is 0 Å². The molecule has 3 aromatic rings. The summed E-state index contributed by atoms with van der Waals surface area (Å²) in [4.78, 5) is 30.5. The molecule has 1 fully saturated rings. The SMILES string of the molecule is O=C(CCc1ncc(-c2ccc(Cl)cc2)o1)Nc1ccccc1N1CCCC1=O. The maximum Gasteiger partial charge on any atom is 0.227 e. The van der Waals surface area contributed by atoms with Crippen molar-refractivity contribution in [3.8, 4) is 11.3 Å². The van der Waals surface area contributed by atoms with Gasteiger partial charge >= 0.3 is 0 Å². The first-order chi connectivity index (χ1) is 14.1. The molecule has 0 radical (unpaired) electrons. The van der Waals surface area contributed by atoms with Gasteiger partial charge in [0.05, 0.1) is 17.6 Å². The van der Waals surface area contributed by atoms with E-state index in [2.05, 4.69) is 10.3 Å². The molecular formula is C22H20ClN3O3. The minimum atomic E-state index is -0.157. The van der Waals surface area contributed by atoms with E-state index in [1.54, 1.807) is 23.2 Å². The third-order valence-electron chi connectivity index (χ3n) is 4.79. The molecule has 1 aliphatic heterocycles. The molecule has 0 aliphatic carbocycles. The van der Waals surface area contributed by atoms with Crippen molar-refractivity contribution in [3.63, 3.8) is 0 Å². The molecule has 4 rings (SSSR count). The lowest BCUT2D eigenvalue weighted by Gasteiger charge is -2.19. The second-order valence-corrected chi connectivity index (χ2v) is 7.28. The van der Waals surface area contributed by atoms with Gasteiger partial charge in [0, 0.05) is 36.4 Å². The van der Waals surface area contributed by atoms with Crippen LogP contribution >= 0.6 is 11.6 Å². The fraction of sp³-hybridized carbons (Fsp3) is 0.227. The van der Waals surface area contributed by atoms with Gasteiger partial charge in [-0.1, -0.05) is 23.7 Å². The highest BCUT2D eigenvalue weighted by atomic mass is 35.5. The van der Waals surface area contributed by atoms with Gasteiger partial charge in [-0.15, -0.1) is 0 Å². The normalized spacial score (nSPS) is 13.7. The summed E-state index contributed by atoms with van der Waals surface area (Å²) in [5, 5.41) is 3.56. The minimum absolute atomic E-state index is 0.0845. The summed E-state index contributed by atoms with van der Waals surface area (Å²) < 4.78 is 5.74. The molecule has 0 spiro atoms. The number of aromatic nitrogens is 1. The number of hydrogen-bond acceptors (Lipinski definition) is 4. The quantitative estimate of drug-likeness (QED) is 0.640. The van der Waals surface area contributed by atoms with E-state index in [9.17, 15) is 9.59 Å². The largest absolute Gasteiger partial charge is 0.441 e. The van der Waals surface area contributed by atoms with E-state index in [1.807, 2.05) is 36.4 Å². The van der Waals surface area contributed by atoms with Crippen LogP contribution in [0.4, 0.5) is 11.4 Å². The highest BCUT2D eigenvalue weighted by Crippen LogP contribution is 2.29. The van der Waals surface area contributed by atoms with Crippen molar-refractivity contribution in [2.45, 2.75) is 25.7 Å². The first-order valence-corrected chi connectivity index (χ1v) is 9.88.